The molecule has 0 atom stereocenters. The molecule has 0 aromatic heterocycles. The molecule has 0 radical (unpaired) electrons. The summed E-state index contributed by atoms with van der Waals surface area (Å²) in [6, 6.07) is 12.8. The van der Waals surface area contributed by atoms with Crippen LogP contribution in [0.3, 0.4) is 0 Å². The number of primary sulfonamides is 1. The van der Waals surface area contributed by atoms with Gasteiger partial charge in [-0.15, -0.1) is 0 Å². The van der Waals surface area contributed by atoms with Crippen LogP contribution in [0.4, 0.5) is 16.2 Å². The highest BCUT2D eigenvalue weighted by atomic mass is 32.2. The molecule has 0 aliphatic carbocycles. The lowest BCUT2D eigenvalue weighted by molar-refractivity contribution is 0.262. The summed E-state index contributed by atoms with van der Waals surface area (Å²) in [6.07, 6.45) is 0. The van der Waals surface area contributed by atoms with Crippen LogP contribution in [0.1, 0.15) is 25.3 Å². The lowest BCUT2D eigenvalue weighted by Gasteiger charge is -2.11. The van der Waals surface area contributed by atoms with Crippen LogP contribution >= 0.6 is 0 Å². The van der Waals surface area contributed by atoms with Gasteiger partial charge in [-0.1, -0.05) is 26.0 Å². The Morgan fingerprint density at radius 2 is 1.61 bits per heavy atom. The number of carbonyl (C=O) groups is 1. The molecule has 4 N–H and O–H groups in total. The van der Waals surface area contributed by atoms with Crippen molar-refractivity contribution in [2.75, 3.05) is 10.6 Å². The molecule has 0 saturated carbocycles. The topological polar surface area (TPSA) is 101 Å². The summed E-state index contributed by atoms with van der Waals surface area (Å²) in [6.45, 7) is 4.15. The van der Waals surface area contributed by atoms with E-state index in [0.717, 1.165) is 5.56 Å². The zero-order valence-corrected chi connectivity index (χ0v) is 13.7. The zero-order valence-electron chi connectivity index (χ0n) is 12.9. The molecule has 2 aromatic rings. The number of amides is 2. The van der Waals surface area contributed by atoms with Crippen LogP contribution in [0.5, 0.6) is 0 Å². The van der Waals surface area contributed by atoms with E-state index in [1.165, 1.54) is 24.3 Å². The Hall–Kier alpha value is -2.38. The third-order valence-corrected chi connectivity index (χ3v) is 4.18. The fraction of sp³-hybridized carbons (Fsp3) is 0.188. The van der Waals surface area contributed by atoms with Crippen molar-refractivity contribution in [3.8, 4) is 0 Å². The molecule has 0 aliphatic heterocycles. The quantitative estimate of drug-likeness (QED) is 0.801. The van der Waals surface area contributed by atoms with Gasteiger partial charge in [0.25, 0.3) is 0 Å². The molecule has 0 saturated heterocycles. The van der Waals surface area contributed by atoms with Crippen molar-refractivity contribution in [2.24, 2.45) is 5.14 Å². The summed E-state index contributed by atoms with van der Waals surface area (Å²) in [7, 11) is -3.74. The number of hydrogen-bond acceptors (Lipinski definition) is 3. The SMILES string of the molecule is CC(C)c1cccc(NC(=O)Nc2ccc(S(N)(=O)=O)cc2)c1. The fourth-order valence-electron chi connectivity index (χ4n) is 2.00. The summed E-state index contributed by atoms with van der Waals surface area (Å²) < 4.78 is 22.3. The monoisotopic (exact) mass is 333 g/mol. The molecule has 2 rings (SSSR count). The minimum atomic E-state index is -3.74. The van der Waals surface area contributed by atoms with Crippen molar-refractivity contribution in [2.45, 2.75) is 24.7 Å². The van der Waals surface area contributed by atoms with Crippen LogP contribution in [0.2, 0.25) is 0 Å². The molecule has 6 nitrogen and oxygen atoms in total. The molecule has 0 heterocycles. The van der Waals surface area contributed by atoms with Crippen LogP contribution in [0, 0.1) is 0 Å². The molecule has 0 aliphatic rings. The first-order valence-corrected chi connectivity index (χ1v) is 8.61. The smallest absolute Gasteiger partial charge is 0.308 e. The van der Waals surface area contributed by atoms with Gasteiger partial charge < -0.3 is 10.6 Å². The minimum absolute atomic E-state index is 0.00640. The van der Waals surface area contributed by atoms with Crippen molar-refractivity contribution < 1.29 is 13.2 Å². The third kappa shape index (κ3) is 4.80. The van der Waals surface area contributed by atoms with Gasteiger partial charge in [0.05, 0.1) is 4.90 Å². The Kier molecular flexibility index (Phi) is 5.02. The summed E-state index contributed by atoms with van der Waals surface area (Å²) >= 11 is 0. The molecular formula is C16H19N3O3S. The summed E-state index contributed by atoms with van der Waals surface area (Å²) in [5.74, 6) is 0.366. The maximum atomic E-state index is 12.0. The van der Waals surface area contributed by atoms with Gasteiger partial charge in [0, 0.05) is 11.4 Å². The van der Waals surface area contributed by atoms with Crippen LogP contribution in [0.15, 0.2) is 53.4 Å². The number of sulfonamides is 1. The second-order valence-electron chi connectivity index (χ2n) is 5.43. The van der Waals surface area contributed by atoms with Gasteiger partial charge in [0.2, 0.25) is 10.0 Å². The highest BCUT2D eigenvalue weighted by Crippen LogP contribution is 2.19. The highest BCUT2D eigenvalue weighted by molar-refractivity contribution is 7.89. The van der Waals surface area contributed by atoms with Crippen molar-refractivity contribution in [3.63, 3.8) is 0 Å². The lowest BCUT2D eigenvalue weighted by atomic mass is 10.0. The second kappa shape index (κ2) is 6.80. The molecular weight excluding hydrogens is 314 g/mol. The van der Waals surface area contributed by atoms with E-state index >= 15 is 0 Å². The van der Waals surface area contributed by atoms with E-state index in [0.29, 0.717) is 17.3 Å². The number of urea groups is 1. The largest absolute Gasteiger partial charge is 0.323 e. The van der Waals surface area contributed by atoms with E-state index in [1.54, 1.807) is 6.07 Å². The number of anilines is 2. The summed E-state index contributed by atoms with van der Waals surface area (Å²) in [5, 5.41) is 10.4. The van der Waals surface area contributed by atoms with Crippen molar-refractivity contribution in [1.82, 2.24) is 0 Å². The number of nitrogens with one attached hydrogen (secondary N) is 2. The summed E-state index contributed by atoms with van der Waals surface area (Å²) in [4.78, 5) is 12.0. The van der Waals surface area contributed by atoms with E-state index in [4.69, 9.17) is 5.14 Å². The molecule has 2 amide bonds. The van der Waals surface area contributed by atoms with Gasteiger partial charge in [-0.25, -0.2) is 18.4 Å². The molecule has 0 bridgehead atoms. The van der Waals surface area contributed by atoms with E-state index in [1.807, 2.05) is 18.2 Å². The Balaban J connectivity index is 2.04. The molecule has 2 aromatic carbocycles. The first-order chi connectivity index (χ1) is 10.8. The van der Waals surface area contributed by atoms with Crippen LogP contribution in [-0.4, -0.2) is 14.4 Å². The summed E-state index contributed by atoms with van der Waals surface area (Å²) in [5.41, 5.74) is 2.28. The Bertz CT molecular complexity index is 800. The van der Waals surface area contributed by atoms with Gasteiger partial charge >= 0.3 is 6.03 Å². The first kappa shape index (κ1) is 17.0. The number of benzene rings is 2. The average Bonchev–Trinajstić information content (AvgIpc) is 2.47. The van der Waals surface area contributed by atoms with Gasteiger partial charge in [-0.3, -0.25) is 0 Å². The predicted molar refractivity (Wildman–Crippen MR) is 91.0 cm³/mol. The molecule has 0 spiro atoms. The van der Waals surface area contributed by atoms with E-state index in [2.05, 4.69) is 24.5 Å². The van der Waals surface area contributed by atoms with E-state index < -0.39 is 16.1 Å². The van der Waals surface area contributed by atoms with E-state index in [9.17, 15) is 13.2 Å². The van der Waals surface area contributed by atoms with Gasteiger partial charge in [0.15, 0.2) is 0 Å². The van der Waals surface area contributed by atoms with E-state index in [-0.39, 0.29) is 4.90 Å². The highest BCUT2D eigenvalue weighted by Gasteiger charge is 2.08. The third-order valence-electron chi connectivity index (χ3n) is 3.25. The molecule has 122 valence electrons. The molecule has 7 heteroatoms. The van der Waals surface area contributed by atoms with Crippen molar-refractivity contribution in [1.29, 1.82) is 0 Å². The fourth-order valence-corrected chi connectivity index (χ4v) is 2.51. The standard InChI is InChI=1S/C16H19N3O3S/c1-11(2)12-4-3-5-14(10-12)19-16(20)18-13-6-8-15(9-7-13)23(17,21)22/h3-11H,1-2H3,(H2,17,21,22)(H2,18,19,20). The maximum Gasteiger partial charge on any atom is 0.323 e. The number of rotatable bonds is 4. The van der Waals surface area contributed by atoms with Crippen LogP contribution < -0.4 is 15.8 Å². The number of hydrogen-bond donors (Lipinski definition) is 3. The average molecular weight is 333 g/mol. The van der Waals surface area contributed by atoms with Crippen molar-refractivity contribution in [3.05, 3.63) is 54.1 Å². The second-order valence-corrected chi connectivity index (χ2v) is 6.99. The number of carbonyl (C=O) groups excluding carboxylic acids is 1. The Morgan fingerprint density at radius 3 is 2.17 bits per heavy atom. The lowest BCUT2D eigenvalue weighted by Crippen LogP contribution is -2.19. The van der Waals surface area contributed by atoms with Gasteiger partial charge in [-0.2, -0.15) is 0 Å². The Labute approximate surface area is 135 Å². The van der Waals surface area contributed by atoms with Gasteiger partial charge in [0.1, 0.15) is 0 Å². The van der Waals surface area contributed by atoms with Crippen molar-refractivity contribution >= 4 is 27.4 Å². The van der Waals surface area contributed by atoms with Crippen LogP contribution in [0.25, 0.3) is 0 Å². The van der Waals surface area contributed by atoms with Crippen LogP contribution in [-0.2, 0) is 10.0 Å². The zero-order chi connectivity index (χ0) is 17.0. The van der Waals surface area contributed by atoms with Gasteiger partial charge in [-0.05, 0) is 47.9 Å². The predicted octanol–water partition coefficient (Wildman–Crippen LogP) is 3.10. The number of nitrogens with two attached hydrogens (primary N) is 1. The first-order valence-electron chi connectivity index (χ1n) is 7.06. The Morgan fingerprint density at radius 1 is 1.00 bits per heavy atom. The normalized spacial score (nSPS) is 11.3. The molecule has 0 unspecified atom stereocenters. The molecule has 23 heavy (non-hydrogen) atoms. The maximum absolute atomic E-state index is 12.0. The minimum Gasteiger partial charge on any atom is -0.308 e. The molecule has 0 fully saturated rings.